The minimum Gasteiger partial charge on any atom is -0.478 e. The fraction of sp³-hybridized carbons (Fsp3) is 0.261. The van der Waals surface area contributed by atoms with Gasteiger partial charge in [-0.3, -0.25) is 14.5 Å². The maximum atomic E-state index is 13.0. The molecule has 1 aliphatic heterocycles. The normalized spacial score (nSPS) is 15.8. The van der Waals surface area contributed by atoms with Crippen molar-refractivity contribution in [1.29, 1.82) is 0 Å². The summed E-state index contributed by atoms with van der Waals surface area (Å²) in [4.78, 5) is 33.2. The Labute approximate surface area is 174 Å². The highest BCUT2D eigenvalue weighted by Crippen LogP contribution is 2.39. The predicted molar refractivity (Wildman–Crippen MR) is 115 cm³/mol. The number of carbonyl (C=O) groups excluding carboxylic acids is 2. The van der Waals surface area contributed by atoms with Crippen LogP contribution in [0, 0.1) is 13.8 Å². The largest absolute Gasteiger partial charge is 0.478 e. The summed E-state index contributed by atoms with van der Waals surface area (Å²) in [7, 11) is 0. The first kappa shape index (κ1) is 19.3. The van der Waals surface area contributed by atoms with E-state index in [1.54, 1.807) is 28.4 Å². The summed E-state index contributed by atoms with van der Waals surface area (Å²) < 4.78 is 5.92. The average molecular weight is 407 g/mol. The van der Waals surface area contributed by atoms with Gasteiger partial charge in [0, 0.05) is 16.0 Å². The summed E-state index contributed by atoms with van der Waals surface area (Å²) in [5.41, 5.74) is 3.01. The molecule has 0 aliphatic carbocycles. The average Bonchev–Trinajstić information content (AvgIpc) is 3.08. The second-order valence-corrected chi connectivity index (χ2v) is 8.46. The van der Waals surface area contributed by atoms with E-state index in [0.29, 0.717) is 23.4 Å². The molecule has 1 aromatic heterocycles. The Morgan fingerprint density at radius 2 is 1.93 bits per heavy atom. The summed E-state index contributed by atoms with van der Waals surface area (Å²) >= 11 is 1.64. The molecule has 0 bridgehead atoms. The van der Waals surface area contributed by atoms with E-state index in [-0.39, 0.29) is 18.2 Å². The highest BCUT2D eigenvalue weighted by atomic mass is 32.1. The molecule has 0 saturated heterocycles. The van der Waals surface area contributed by atoms with Gasteiger partial charge < -0.3 is 4.74 Å². The summed E-state index contributed by atoms with van der Waals surface area (Å²) in [6, 6.07) is 14.8. The number of hydrogen-bond donors (Lipinski definition) is 0. The van der Waals surface area contributed by atoms with Gasteiger partial charge in [0.2, 0.25) is 0 Å². The third kappa shape index (κ3) is 3.68. The van der Waals surface area contributed by atoms with Crippen LogP contribution >= 0.6 is 11.3 Å². The van der Waals surface area contributed by atoms with E-state index in [1.807, 2.05) is 57.2 Å². The van der Waals surface area contributed by atoms with Crippen molar-refractivity contribution in [3.63, 3.8) is 0 Å². The van der Waals surface area contributed by atoms with Gasteiger partial charge in [0.1, 0.15) is 5.75 Å². The van der Waals surface area contributed by atoms with Crippen molar-refractivity contribution in [2.75, 3.05) is 11.4 Å². The van der Waals surface area contributed by atoms with Gasteiger partial charge in [0.25, 0.3) is 5.91 Å². The molecule has 0 spiro atoms. The number of thiazole rings is 1. The van der Waals surface area contributed by atoms with Crippen molar-refractivity contribution in [3.8, 4) is 17.0 Å². The topological polar surface area (TPSA) is 59.5 Å². The van der Waals surface area contributed by atoms with Crippen molar-refractivity contribution >= 4 is 28.7 Å². The number of aryl methyl sites for hydroxylation is 2. The van der Waals surface area contributed by atoms with Crippen LogP contribution in [0.4, 0.5) is 5.69 Å². The lowest BCUT2D eigenvalue weighted by Gasteiger charge is -2.34. The van der Waals surface area contributed by atoms with Crippen molar-refractivity contribution < 1.29 is 14.3 Å². The summed E-state index contributed by atoms with van der Waals surface area (Å²) in [6.07, 6.45) is -0.0411. The molecular weight excluding hydrogens is 384 g/mol. The molecule has 1 atom stereocenters. The van der Waals surface area contributed by atoms with Crippen LogP contribution in [-0.4, -0.2) is 29.3 Å². The zero-order valence-electron chi connectivity index (χ0n) is 16.6. The van der Waals surface area contributed by atoms with Crippen LogP contribution in [-0.2, 0) is 4.79 Å². The molecule has 3 aromatic rings. The number of benzene rings is 2. The fourth-order valence-electron chi connectivity index (χ4n) is 3.55. The summed E-state index contributed by atoms with van der Waals surface area (Å²) in [5, 5.41) is 0.990. The first-order valence-corrected chi connectivity index (χ1v) is 10.4. The predicted octanol–water partition coefficient (Wildman–Crippen LogP) is 4.81. The van der Waals surface area contributed by atoms with Crippen molar-refractivity contribution in [3.05, 3.63) is 64.0 Å². The number of rotatable bonds is 5. The highest BCUT2D eigenvalue weighted by Gasteiger charge is 2.35. The number of Topliss-reactive ketones (excluding diaryl/α,β-unsaturated/α-hetero) is 1. The van der Waals surface area contributed by atoms with E-state index < -0.39 is 6.10 Å². The summed E-state index contributed by atoms with van der Waals surface area (Å²) in [5.74, 6) is 0.325. The minimum atomic E-state index is -0.583. The minimum absolute atomic E-state index is 0.0196. The first-order valence-electron chi connectivity index (χ1n) is 9.62. The molecule has 1 aliphatic rings. The van der Waals surface area contributed by atoms with Crippen LogP contribution in [0.25, 0.3) is 11.3 Å². The number of ketones is 1. The van der Waals surface area contributed by atoms with E-state index in [0.717, 1.165) is 21.1 Å². The van der Waals surface area contributed by atoms with Gasteiger partial charge in [-0.1, -0.05) is 37.3 Å². The van der Waals surface area contributed by atoms with E-state index in [2.05, 4.69) is 4.98 Å². The lowest BCUT2D eigenvalue weighted by molar-refractivity contribution is -0.126. The Hall–Kier alpha value is -2.99. The van der Waals surface area contributed by atoms with Crippen LogP contribution in [0.3, 0.4) is 0 Å². The maximum Gasteiger partial charge on any atom is 0.268 e. The van der Waals surface area contributed by atoms with E-state index >= 15 is 0 Å². The Balaban J connectivity index is 1.74. The fourth-order valence-corrected chi connectivity index (χ4v) is 4.39. The SMILES string of the molecule is CCC1Oc2ccc(-c3nc(C)sc3C)cc2N(CC(=O)c2ccccc2)C1=O. The molecule has 29 heavy (non-hydrogen) atoms. The van der Waals surface area contributed by atoms with Crippen molar-refractivity contribution in [2.24, 2.45) is 0 Å². The Bertz CT molecular complexity index is 1070. The lowest BCUT2D eigenvalue weighted by atomic mass is 10.0. The molecule has 0 fully saturated rings. The van der Waals surface area contributed by atoms with Crippen molar-refractivity contribution in [2.45, 2.75) is 33.3 Å². The van der Waals surface area contributed by atoms with E-state index in [9.17, 15) is 9.59 Å². The Morgan fingerprint density at radius 3 is 2.59 bits per heavy atom. The first-order chi connectivity index (χ1) is 14.0. The monoisotopic (exact) mass is 406 g/mol. The third-order valence-corrected chi connectivity index (χ3v) is 5.89. The molecular formula is C23H22N2O3S. The lowest BCUT2D eigenvalue weighted by Crippen LogP contribution is -2.47. The molecule has 0 saturated carbocycles. The number of carbonyl (C=O) groups is 2. The molecule has 1 unspecified atom stereocenters. The number of anilines is 1. The van der Waals surface area contributed by atoms with Crippen LogP contribution in [0.5, 0.6) is 5.75 Å². The van der Waals surface area contributed by atoms with Gasteiger partial charge >= 0.3 is 0 Å². The van der Waals surface area contributed by atoms with Crippen molar-refractivity contribution in [1.82, 2.24) is 4.98 Å². The number of hydrogen-bond acceptors (Lipinski definition) is 5. The number of nitrogens with zero attached hydrogens (tertiary/aromatic N) is 2. The van der Waals surface area contributed by atoms with Crippen LogP contribution in [0.2, 0.25) is 0 Å². The quantitative estimate of drug-likeness (QED) is 0.570. The molecule has 0 N–H and O–H groups in total. The van der Waals surface area contributed by atoms with Gasteiger partial charge in [-0.2, -0.15) is 0 Å². The number of amides is 1. The van der Waals surface area contributed by atoms with Gasteiger partial charge in [0.15, 0.2) is 11.9 Å². The maximum absolute atomic E-state index is 13.0. The molecule has 2 aromatic carbocycles. The van der Waals surface area contributed by atoms with Gasteiger partial charge in [-0.05, 0) is 38.5 Å². The molecule has 4 rings (SSSR count). The Morgan fingerprint density at radius 1 is 1.17 bits per heavy atom. The zero-order valence-corrected chi connectivity index (χ0v) is 17.5. The van der Waals surface area contributed by atoms with E-state index in [4.69, 9.17) is 4.74 Å². The van der Waals surface area contributed by atoms with Crippen LogP contribution in [0.1, 0.15) is 33.6 Å². The van der Waals surface area contributed by atoms with Crippen LogP contribution < -0.4 is 9.64 Å². The third-order valence-electron chi connectivity index (χ3n) is 5.01. The van der Waals surface area contributed by atoms with E-state index in [1.165, 1.54) is 0 Å². The zero-order chi connectivity index (χ0) is 20.5. The summed E-state index contributed by atoms with van der Waals surface area (Å²) in [6.45, 7) is 5.89. The van der Waals surface area contributed by atoms with Gasteiger partial charge in [-0.25, -0.2) is 4.98 Å². The molecule has 6 heteroatoms. The van der Waals surface area contributed by atoms with Gasteiger partial charge in [-0.15, -0.1) is 11.3 Å². The molecule has 2 heterocycles. The smallest absolute Gasteiger partial charge is 0.268 e. The standard InChI is InChI=1S/C23H22N2O3S/c1-4-20-23(27)25(13-19(26)16-8-6-5-7-9-16)18-12-17(10-11-21(18)28-20)22-14(2)29-15(3)24-22/h5-12,20H,4,13H2,1-3H3. The molecule has 148 valence electrons. The number of ether oxygens (including phenoxy) is 1. The van der Waals surface area contributed by atoms with Crippen LogP contribution in [0.15, 0.2) is 48.5 Å². The number of aromatic nitrogens is 1. The molecule has 1 amide bonds. The second kappa shape index (κ2) is 7.79. The molecule has 0 radical (unpaired) electrons. The second-order valence-electron chi connectivity index (χ2n) is 7.05. The molecule has 5 nitrogen and oxygen atoms in total. The number of fused-ring (bicyclic) bond motifs is 1. The highest BCUT2D eigenvalue weighted by molar-refractivity contribution is 7.11. The Kier molecular flexibility index (Phi) is 5.20. The van der Waals surface area contributed by atoms with Gasteiger partial charge in [0.05, 0.1) is 22.9 Å².